The van der Waals surface area contributed by atoms with Crippen molar-refractivity contribution in [2.75, 3.05) is 14.2 Å². The van der Waals surface area contributed by atoms with Crippen molar-refractivity contribution in [3.63, 3.8) is 0 Å². The van der Waals surface area contributed by atoms with E-state index in [1.165, 1.54) is 0 Å². The molecule has 0 aliphatic carbocycles. The molecule has 5 nitrogen and oxygen atoms in total. The molecule has 0 aliphatic heterocycles. The molecule has 0 bridgehead atoms. The molecule has 0 radical (unpaired) electrons. The molecule has 19 heavy (non-hydrogen) atoms. The summed E-state index contributed by atoms with van der Waals surface area (Å²) in [6, 6.07) is 0.292. The van der Waals surface area contributed by atoms with Crippen molar-refractivity contribution in [3.8, 4) is 0 Å². The summed E-state index contributed by atoms with van der Waals surface area (Å²) in [5.41, 5.74) is 0. The van der Waals surface area contributed by atoms with Gasteiger partial charge in [0.1, 0.15) is 6.10 Å². The fourth-order valence-corrected chi connectivity index (χ4v) is 2.38. The van der Waals surface area contributed by atoms with Crippen LogP contribution in [0.25, 0.3) is 0 Å². The van der Waals surface area contributed by atoms with E-state index in [-0.39, 0.29) is 12.0 Å². The van der Waals surface area contributed by atoms with E-state index in [1.54, 1.807) is 7.11 Å². The van der Waals surface area contributed by atoms with E-state index in [0.29, 0.717) is 23.7 Å². The van der Waals surface area contributed by atoms with E-state index in [1.807, 2.05) is 7.05 Å². The van der Waals surface area contributed by atoms with Gasteiger partial charge in [0.2, 0.25) is 11.7 Å². The fraction of sp³-hybridized carbons (Fsp3) is 0.857. The Labute approximate surface area is 116 Å². The highest BCUT2D eigenvalue weighted by molar-refractivity contribution is 5.01. The number of rotatable bonds is 8. The first-order valence-electron chi connectivity index (χ1n) is 7.08. The zero-order chi connectivity index (χ0) is 14.4. The summed E-state index contributed by atoms with van der Waals surface area (Å²) in [6.07, 6.45) is 1.87. The van der Waals surface area contributed by atoms with Gasteiger partial charge in [-0.15, -0.1) is 0 Å². The molecule has 3 atom stereocenters. The molecule has 0 fully saturated rings. The molecule has 0 amide bonds. The van der Waals surface area contributed by atoms with Crippen molar-refractivity contribution in [2.45, 2.75) is 58.6 Å². The van der Waals surface area contributed by atoms with Crippen molar-refractivity contribution in [2.24, 2.45) is 5.92 Å². The number of likely N-dealkylation sites (N-methyl/N-ethyl adjacent to an activating group) is 1. The third-order valence-electron chi connectivity index (χ3n) is 3.58. The Bertz CT molecular complexity index is 365. The number of hydrogen-bond acceptors (Lipinski definition) is 5. The average molecular weight is 269 g/mol. The molecule has 0 aromatic carbocycles. The summed E-state index contributed by atoms with van der Waals surface area (Å²) in [4.78, 5) is 4.55. The maximum atomic E-state index is 5.46. The summed E-state index contributed by atoms with van der Waals surface area (Å²) < 4.78 is 10.9. The van der Waals surface area contributed by atoms with Crippen LogP contribution >= 0.6 is 0 Å². The SMILES string of the molecule is CCCC(OC)c1noc(C(C(C)C)C(C)NC)n1. The maximum absolute atomic E-state index is 5.46. The second-order valence-electron chi connectivity index (χ2n) is 5.35. The summed E-state index contributed by atoms with van der Waals surface area (Å²) in [7, 11) is 3.64. The van der Waals surface area contributed by atoms with Crippen LogP contribution < -0.4 is 5.32 Å². The van der Waals surface area contributed by atoms with Crippen LogP contribution in [0.2, 0.25) is 0 Å². The van der Waals surface area contributed by atoms with Crippen LogP contribution in [0.15, 0.2) is 4.52 Å². The Kier molecular flexibility index (Phi) is 6.45. The van der Waals surface area contributed by atoms with Gasteiger partial charge in [-0.05, 0) is 26.3 Å². The Morgan fingerprint density at radius 3 is 2.47 bits per heavy atom. The molecule has 3 unspecified atom stereocenters. The van der Waals surface area contributed by atoms with Crippen LogP contribution in [0.4, 0.5) is 0 Å². The van der Waals surface area contributed by atoms with Crippen molar-refractivity contribution >= 4 is 0 Å². The van der Waals surface area contributed by atoms with Crippen LogP contribution in [-0.4, -0.2) is 30.3 Å². The van der Waals surface area contributed by atoms with Gasteiger partial charge in [-0.25, -0.2) is 0 Å². The standard InChI is InChI=1S/C14H27N3O2/c1-7-8-11(18-6)13-16-14(19-17-13)12(9(2)3)10(4)15-5/h9-12,15H,7-8H2,1-6H3. The van der Waals surface area contributed by atoms with Gasteiger partial charge in [0.05, 0.1) is 5.92 Å². The van der Waals surface area contributed by atoms with E-state index in [2.05, 4.69) is 43.2 Å². The first-order chi connectivity index (χ1) is 9.04. The number of methoxy groups -OCH3 is 1. The Morgan fingerprint density at radius 2 is 2.00 bits per heavy atom. The van der Waals surface area contributed by atoms with Crippen molar-refractivity contribution < 1.29 is 9.26 Å². The van der Waals surface area contributed by atoms with Crippen molar-refractivity contribution in [1.82, 2.24) is 15.5 Å². The molecule has 110 valence electrons. The van der Waals surface area contributed by atoms with Crippen LogP contribution in [0.5, 0.6) is 0 Å². The zero-order valence-corrected chi connectivity index (χ0v) is 12.9. The van der Waals surface area contributed by atoms with Gasteiger partial charge in [-0.2, -0.15) is 4.98 Å². The van der Waals surface area contributed by atoms with E-state index >= 15 is 0 Å². The normalized spacial score (nSPS) is 16.6. The molecule has 0 saturated carbocycles. The van der Waals surface area contributed by atoms with Crippen LogP contribution in [-0.2, 0) is 4.74 Å². The quantitative estimate of drug-likeness (QED) is 0.786. The topological polar surface area (TPSA) is 60.2 Å². The fourth-order valence-electron chi connectivity index (χ4n) is 2.38. The van der Waals surface area contributed by atoms with Gasteiger partial charge in [-0.1, -0.05) is 32.3 Å². The maximum Gasteiger partial charge on any atom is 0.231 e. The summed E-state index contributed by atoms with van der Waals surface area (Å²) in [6.45, 7) is 8.59. The molecule has 1 aromatic rings. The summed E-state index contributed by atoms with van der Waals surface area (Å²) in [5, 5.41) is 7.35. The molecular formula is C14H27N3O2. The molecule has 1 heterocycles. The average Bonchev–Trinajstić information content (AvgIpc) is 2.84. The number of nitrogens with zero attached hydrogens (tertiary/aromatic N) is 2. The monoisotopic (exact) mass is 269 g/mol. The van der Waals surface area contributed by atoms with Gasteiger partial charge in [0, 0.05) is 13.2 Å². The highest BCUT2D eigenvalue weighted by Crippen LogP contribution is 2.28. The molecule has 1 aromatic heterocycles. The van der Waals surface area contributed by atoms with Crippen LogP contribution in [0.1, 0.15) is 64.3 Å². The minimum absolute atomic E-state index is 0.0693. The lowest BCUT2D eigenvalue weighted by atomic mass is 9.89. The van der Waals surface area contributed by atoms with Gasteiger partial charge in [-0.3, -0.25) is 0 Å². The molecule has 0 aliphatic rings. The van der Waals surface area contributed by atoms with Gasteiger partial charge in [0.25, 0.3) is 0 Å². The predicted octanol–water partition coefficient (Wildman–Crippen LogP) is 2.90. The van der Waals surface area contributed by atoms with Crippen molar-refractivity contribution in [3.05, 3.63) is 11.7 Å². The van der Waals surface area contributed by atoms with Crippen LogP contribution in [0.3, 0.4) is 0 Å². The van der Waals surface area contributed by atoms with Gasteiger partial charge in [0.15, 0.2) is 0 Å². The lowest BCUT2D eigenvalue weighted by Gasteiger charge is -2.23. The Balaban J connectivity index is 2.92. The van der Waals surface area contributed by atoms with Gasteiger partial charge >= 0.3 is 0 Å². The molecule has 1 N–H and O–H groups in total. The predicted molar refractivity (Wildman–Crippen MR) is 75.1 cm³/mol. The van der Waals surface area contributed by atoms with E-state index in [0.717, 1.165) is 12.8 Å². The highest BCUT2D eigenvalue weighted by atomic mass is 16.5. The molecule has 1 rings (SSSR count). The first kappa shape index (κ1) is 16.1. The third-order valence-corrected chi connectivity index (χ3v) is 3.58. The zero-order valence-electron chi connectivity index (χ0n) is 12.9. The van der Waals surface area contributed by atoms with Crippen molar-refractivity contribution in [1.29, 1.82) is 0 Å². The highest BCUT2D eigenvalue weighted by Gasteiger charge is 2.28. The van der Waals surface area contributed by atoms with E-state index in [9.17, 15) is 0 Å². The minimum atomic E-state index is -0.0693. The molecule has 0 spiro atoms. The first-order valence-corrected chi connectivity index (χ1v) is 7.08. The van der Waals surface area contributed by atoms with Gasteiger partial charge < -0.3 is 14.6 Å². The number of ether oxygens (including phenoxy) is 1. The molecule has 5 heteroatoms. The van der Waals surface area contributed by atoms with E-state index < -0.39 is 0 Å². The lowest BCUT2D eigenvalue weighted by molar-refractivity contribution is 0.0854. The number of aromatic nitrogens is 2. The van der Waals surface area contributed by atoms with E-state index in [4.69, 9.17) is 9.26 Å². The number of nitrogens with one attached hydrogen (secondary N) is 1. The Morgan fingerprint density at radius 1 is 1.32 bits per heavy atom. The second kappa shape index (κ2) is 7.60. The third kappa shape index (κ3) is 4.01. The molecule has 0 saturated heterocycles. The summed E-state index contributed by atoms with van der Waals surface area (Å²) >= 11 is 0. The lowest BCUT2D eigenvalue weighted by Crippen LogP contribution is -2.32. The minimum Gasteiger partial charge on any atom is -0.373 e. The Hall–Kier alpha value is -0.940. The number of hydrogen-bond donors (Lipinski definition) is 1. The molecular weight excluding hydrogens is 242 g/mol. The largest absolute Gasteiger partial charge is 0.373 e. The second-order valence-corrected chi connectivity index (χ2v) is 5.35. The smallest absolute Gasteiger partial charge is 0.231 e. The van der Waals surface area contributed by atoms with Crippen LogP contribution in [0, 0.1) is 5.92 Å². The summed E-state index contributed by atoms with van der Waals surface area (Å²) in [5.74, 6) is 2.01.